The SMILES string of the molecule is CN(CC1CC1)C[C@@H]1CN(c2nccnc2C#N)CCO1. The van der Waals surface area contributed by atoms with Gasteiger partial charge in [-0.1, -0.05) is 0 Å². The first kappa shape index (κ1) is 14.2. The Morgan fingerprint density at radius 2 is 2.19 bits per heavy atom. The fourth-order valence-electron chi connectivity index (χ4n) is 2.83. The molecule has 1 saturated carbocycles. The Bertz CT molecular complexity index is 525. The third kappa shape index (κ3) is 3.69. The van der Waals surface area contributed by atoms with Crippen molar-refractivity contribution in [2.75, 3.05) is 44.7 Å². The molecule has 0 aromatic carbocycles. The lowest BCUT2D eigenvalue weighted by Crippen LogP contribution is -2.47. The van der Waals surface area contributed by atoms with Gasteiger partial charge in [-0.3, -0.25) is 0 Å². The first-order chi connectivity index (χ1) is 10.3. The van der Waals surface area contributed by atoms with E-state index in [0.717, 1.165) is 32.1 Å². The van der Waals surface area contributed by atoms with E-state index < -0.39 is 0 Å². The van der Waals surface area contributed by atoms with Crippen molar-refractivity contribution in [3.8, 4) is 6.07 Å². The maximum absolute atomic E-state index is 9.15. The van der Waals surface area contributed by atoms with Crippen LogP contribution in [0.15, 0.2) is 12.4 Å². The molecule has 2 heterocycles. The fraction of sp³-hybridized carbons (Fsp3) is 0.667. The number of ether oxygens (including phenoxy) is 1. The lowest BCUT2D eigenvalue weighted by Gasteiger charge is -2.35. The fourth-order valence-corrected chi connectivity index (χ4v) is 2.83. The van der Waals surface area contributed by atoms with E-state index in [0.29, 0.717) is 18.1 Å². The highest BCUT2D eigenvalue weighted by Gasteiger charge is 2.27. The van der Waals surface area contributed by atoms with E-state index in [1.54, 1.807) is 12.4 Å². The van der Waals surface area contributed by atoms with Gasteiger partial charge in [-0.15, -0.1) is 0 Å². The van der Waals surface area contributed by atoms with Crippen molar-refractivity contribution in [2.24, 2.45) is 5.92 Å². The van der Waals surface area contributed by atoms with E-state index in [1.165, 1.54) is 12.8 Å². The van der Waals surface area contributed by atoms with Crippen LogP contribution >= 0.6 is 0 Å². The number of nitriles is 1. The molecule has 0 N–H and O–H groups in total. The van der Waals surface area contributed by atoms with Crippen LogP contribution < -0.4 is 4.90 Å². The maximum atomic E-state index is 9.15. The quantitative estimate of drug-likeness (QED) is 0.801. The van der Waals surface area contributed by atoms with Gasteiger partial charge in [0.15, 0.2) is 11.5 Å². The number of anilines is 1. The van der Waals surface area contributed by atoms with Crippen molar-refractivity contribution < 1.29 is 4.74 Å². The summed E-state index contributed by atoms with van der Waals surface area (Å²) < 4.78 is 5.86. The molecule has 1 aromatic rings. The Labute approximate surface area is 125 Å². The monoisotopic (exact) mass is 287 g/mol. The average molecular weight is 287 g/mol. The summed E-state index contributed by atoms with van der Waals surface area (Å²) in [4.78, 5) is 12.9. The van der Waals surface area contributed by atoms with Crippen LogP contribution in [0.1, 0.15) is 18.5 Å². The van der Waals surface area contributed by atoms with E-state index in [-0.39, 0.29) is 6.10 Å². The van der Waals surface area contributed by atoms with Crippen LogP contribution in [-0.2, 0) is 4.74 Å². The molecular weight excluding hydrogens is 266 g/mol. The minimum Gasteiger partial charge on any atom is -0.373 e. The number of likely N-dealkylation sites (N-methyl/N-ethyl adjacent to an activating group) is 1. The van der Waals surface area contributed by atoms with Gasteiger partial charge >= 0.3 is 0 Å². The number of morpholine rings is 1. The topological polar surface area (TPSA) is 65.3 Å². The number of rotatable bonds is 5. The summed E-state index contributed by atoms with van der Waals surface area (Å²) >= 11 is 0. The lowest BCUT2D eigenvalue weighted by atomic mass is 10.2. The molecule has 2 aliphatic rings. The molecule has 6 nitrogen and oxygen atoms in total. The second-order valence-electron chi connectivity index (χ2n) is 5.94. The van der Waals surface area contributed by atoms with Crippen LogP contribution in [0.2, 0.25) is 0 Å². The van der Waals surface area contributed by atoms with Crippen LogP contribution in [0.5, 0.6) is 0 Å². The highest BCUT2D eigenvalue weighted by molar-refractivity contribution is 5.49. The lowest BCUT2D eigenvalue weighted by molar-refractivity contribution is 0.0196. The van der Waals surface area contributed by atoms with E-state index in [1.807, 2.05) is 0 Å². The number of aromatic nitrogens is 2. The predicted octanol–water partition coefficient (Wildman–Crippen LogP) is 0.895. The van der Waals surface area contributed by atoms with Gasteiger partial charge in [0.1, 0.15) is 6.07 Å². The summed E-state index contributed by atoms with van der Waals surface area (Å²) in [6.07, 6.45) is 6.10. The van der Waals surface area contributed by atoms with Gasteiger partial charge in [-0.05, 0) is 25.8 Å². The molecule has 21 heavy (non-hydrogen) atoms. The van der Waals surface area contributed by atoms with Crippen LogP contribution in [0, 0.1) is 17.2 Å². The number of hydrogen-bond donors (Lipinski definition) is 0. The highest BCUT2D eigenvalue weighted by Crippen LogP contribution is 2.29. The summed E-state index contributed by atoms with van der Waals surface area (Å²) in [6, 6.07) is 2.12. The number of nitrogens with zero attached hydrogens (tertiary/aromatic N) is 5. The number of hydrogen-bond acceptors (Lipinski definition) is 6. The molecule has 6 heteroatoms. The highest BCUT2D eigenvalue weighted by atomic mass is 16.5. The Balaban J connectivity index is 1.61. The molecule has 1 saturated heterocycles. The van der Waals surface area contributed by atoms with Gasteiger partial charge in [-0.2, -0.15) is 5.26 Å². The van der Waals surface area contributed by atoms with Crippen LogP contribution in [0.4, 0.5) is 5.82 Å². The molecule has 1 aliphatic carbocycles. The van der Waals surface area contributed by atoms with E-state index in [4.69, 9.17) is 10.00 Å². The zero-order valence-corrected chi connectivity index (χ0v) is 12.4. The molecule has 0 amide bonds. The van der Waals surface area contributed by atoms with Crippen LogP contribution in [0.3, 0.4) is 0 Å². The second-order valence-corrected chi connectivity index (χ2v) is 5.94. The zero-order chi connectivity index (χ0) is 14.7. The molecule has 0 radical (unpaired) electrons. The molecule has 3 rings (SSSR count). The Morgan fingerprint density at radius 1 is 1.38 bits per heavy atom. The second kappa shape index (κ2) is 6.37. The molecule has 1 atom stereocenters. The third-order valence-corrected chi connectivity index (χ3v) is 4.01. The largest absolute Gasteiger partial charge is 0.373 e. The molecule has 1 aromatic heterocycles. The minimum absolute atomic E-state index is 0.163. The molecule has 112 valence electrons. The van der Waals surface area contributed by atoms with Gasteiger partial charge in [0, 0.05) is 38.6 Å². The third-order valence-electron chi connectivity index (χ3n) is 4.01. The van der Waals surface area contributed by atoms with E-state index >= 15 is 0 Å². The summed E-state index contributed by atoms with van der Waals surface area (Å²) in [7, 11) is 2.16. The normalized spacial score (nSPS) is 22.3. The summed E-state index contributed by atoms with van der Waals surface area (Å²) in [5.41, 5.74) is 0.393. The standard InChI is InChI=1S/C15H21N5O/c1-19(9-12-2-3-12)10-13-11-20(6-7-21-13)15-14(8-16)17-4-5-18-15/h4-5,12-13H,2-3,6-7,9-11H2,1H3/t13-/m1/s1. The smallest absolute Gasteiger partial charge is 0.183 e. The van der Waals surface area contributed by atoms with Crippen molar-refractivity contribution in [1.29, 1.82) is 5.26 Å². The van der Waals surface area contributed by atoms with Gasteiger partial charge in [0.25, 0.3) is 0 Å². The van der Waals surface area contributed by atoms with Crippen molar-refractivity contribution in [3.63, 3.8) is 0 Å². The molecule has 2 fully saturated rings. The van der Waals surface area contributed by atoms with Crippen LogP contribution in [0.25, 0.3) is 0 Å². The summed E-state index contributed by atoms with van der Waals surface area (Å²) in [6.45, 7) is 4.28. The Morgan fingerprint density at radius 3 is 2.95 bits per heavy atom. The van der Waals surface area contributed by atoms with E-state index in [9.17, 15) is 0 Å². The molecular formula is C15H21N5O. The van der Waals surface area contributed by atoms with Gasteiger partial charge < -0.3 is 14.5 Å². The Kier molecular flexibility index (Phi) is 4.32. The first-order valence-corrected chi connectivity index (χ1v) is 7.52. The van der Waals surface area contributed by atoms with Gasteiger partial charge in [0.2, 0.25) is 0 Å². The zero-order valence-electron chi connectivity index (χ0n) is 12.4. The summed E-state index contributed by atoms with van der Waals surface area (Å²) in [5, 5.41) is 9.15. The Hall–Kier alpha value is -1.71. The maximum Gasteiger partial charge on any atom is 0.183 e. The van der Waals surface area contributed by atoms with E-state index in [2.05, 4.69) is 32.9 Å². The molecule has 0 unspecified atom stereocenters. The van der Waals surface area contributed by atoms with Crippen molar-refractivity contribution in [2.45, 2.75) is 18.9 Å². The molecule has 1 aliphatic heterocycles. The minimum atomic E-state index is 0.163. The van der Waals surface area contributed by atoms with Crippen molar-refractivity contribution in [1.82, 2.24) is 14.9 Å². The molecule has 0 bridgehead atoms. The average Bonchev–Trinajstić information content (AvgIpc) is 3.31. The summed E-state index contributed by atoms with van der Waals surface area (Å²) in [5.74, 6) is 1.57. The van der Waals surface area contributed by atoms with Gasteiger partial charge in [-0.25, -0.2) is 9.97 Å². The van der Waals surface area contributed by atoms with Gasteiger partial charge in [0.05, 0.1) is 12.7 Å². The predicted molar refractivity (Wildman–Crippen MR) is 78.9 cm³/mol. The first-order valence-electron chi connectivity index (χ1n) is 7.52. The van der Waals surface area contributed by atoms with Crippen molar-refractivity contribution >= 4 is 5.82 Å². The van der Waals surface area contributed by atoms with Crippen molar-refractivity contribution in [3.05, 3.63) is 18.1 Å². The van der Waals surface area contributed by atoms with Crippen LogP contribution in [-0.4, -0.2) is 60.8 Å². The molecule has 0 spiro atoms.